The quantitative estimate of drug-likeness (QED) is 0.582. The summed E-state index contributed by atoms with van der Waals surface area (Å²) in [6.07, 6.45) is 3.64. The van der Waals surface area contributed by atoms with E-state index in [2.05, 4.69) is 0 Å². The van der Waals surface area contributed by atoms with Gasteiger partial charge in [0.15, 0.2) is 0 Å². The van der Waals surface area contributed by atoms with Crippen LogP contribution >= 0.6 is 0 Å². The summed E-state index contributed by atoms with van der Waals surface area (Å²) < 4.78 is 20.2. The van der Waals surface area contributed by atoms with Crippen LogP contribution in [0.4, 0.5) is 10.1 Å². The first-order valence-corrected chi connectivity index (χ1v) is 10.1. The molecule has 0 aromatic heterocycles. The van der Waals surface area contributed by atoms with Crippen molar-refractivity contribution in [3.8, 4) is 5.75 Å². The first-order chi connectivity index (χ1) is 14.0. The van der Waals surface area contributed by atoms with E-state index in [9.17, 15) is 19.1 Å². The van der Waals surface area contributed by atoms with Crippen LogP contribution in [-0.2, 0) is 29.0 Å². The molecule has 1 aliphatic heterocycles. The molecule has 0 atom stereocenters. The summed E-state index contributed by atoms with van der Waals surface area (Å²) in [5, 5.41) is 10.6. The maximum absolute atomic E-state index is 14.2. The van der Waals surface area contributed by atoms with E-state index < -0.39 is 11.8 Å². The number of hydrogen-bond acceptors (Lipinski definition) is 4. The average molecular weight is 419 g/mol. The van der Waals surface area contributed by atoms with Gasteiger partial charge in [-0.1, -0.05) is 24.3 Å². The Balaban J connectivity index is 0.00000256. The predicted octanol–water partition coefficient (Wildman–Crippen LogP) is -0.220. The second-order valence-corrected chi connectivity index (χ2v) is 7.72. The van der Waals surface area contributed by atoms with E-state index in [0.717, 1.165) is 36.9 Å². The van der Waals surface area contributed by atoms with Gasteiger partial charge in [0.05, 0.1) is 5.69 Å². The molecule has 5 nitrogen and oxygen atoms in total. The van der Waals surface area contributed by atoms with Crippen molar-refractivity contribution in [3.63, 3.8) is 0 Å². The number of carboxylic acid groups (broad SMARTS) is 1. The van der Waals surface area contributed by atoms with E-state index >= 15 is 0 Å². The Hall–Kier alpha value is -1.89. The van der Waals surface area contributed by atoms with Crippen molar-refractivity contribution in [2.75, 3.05) is 11.4 Å². The van der Waals surface area contributed by atoms with E-state index in [4.69, 9.17) is 4.74 Å². The van der Waals surface area contributed by atoms with Gasteiger partial charge in [-0.25, -0.2) is 4.39 Å². The SMILES string of the molecule is O=C([O-])CCc1ccc(COc2cccc3c2N(C(=O)C2CC2)CCC3)cc1F.[Na+]. The van der Waals surface area contributed by atoms with Gasteiger partial charge in [0, 0.05) is 18.4 Å². The molecule has 1 heterocycles. The number of aliphatic carboxylic acids is 1. The number of benzene rings is 2. The number of para-hydroxylation sites is 1. The van der Waals surface area contributed by atoms with Crippen molar-refractivity contribution in [2.45, 2.75) is 45.1 Å². The Bertz CT molecular complexity index is 945. The molecule has 1 saturated carbocycles. The summed E-state index contributed by atoms with van der Waals surface area (Å²) in [6, 6.07) is 10.5. The van der Waals surface area contributed by atoms with Gasteiger partial charge in [-0.05, 0) is 67.3 Å². The number of carbonyl (C=O) groups excluding carboxylic acids is 2. The number of aryl methyl sites for hydroxylation is 2. The number of anilines is 1. The third-order valence-corrected chi connectivity index (χ3v) is 5.48. The van der Waals surface area contributed by atoms with Crippen LogP contribution in [0.3, 0.4) is 0 Å². The standard InChI is InChI=1S/C23H24FNO4.Na/c24-19-13-15(6-7-16(19)10-11-21(26)27)14-29-20-5-1-3-17-4-2-12-25(22(17)20)23(28)18-8-9-18;/h1,3,5-7,13,18H,2,4,8-12,14H2,(H,26,27);/q;+1/p-1. The number of carboxylic acids is 1. The van der Waals surface area contributed by atoms with E-state index in [0.29, 0.717) is 23.4 Å². The van der Waals surface area contributed by atoms with Crippen LogP contribution in [0.1, 0.15) is 42.4 Å². The third-order valence-electron chi connectivity index (χ3n) is 5.48. The molecule has 2 aromatic rings. The number of carbonyl (C=O) groups is 2. The van der Waals surface area contributed by atoms with Crippen LogP contribution in [0.15, 0.2) is 36.4 Å². The molecule has 0 spiro atoms. The topological polar surface area (TPSA) is 69.7 Å². The summed E-state index contributed by atoms with van der Waals surface area (Å²) in [5.74, 6) is -0.705. The number of halogens is 1. The van der Waals surface area contributed by atoms with Gasteiger partial charge >= 0.3 is 29.6 Å². The number of nitrogens with zero attached hydrogens (tertiary/aromatic N) is 1. The minimum Gasteiger partial charge on any atom is -0.550 e. The van der Waals surface area contributed by atoms with Gasteiger partial charge in [-0.15, -0.1) is 0 Å². The van der Waals surface area contributed by atoms with E-state index in [1.807, 2.05) is 23.1 Å². The summed E-state index contributed by atoms with van der Waals surface area (Å²) >= 11 is 0. The molecule has 2 aromatic carbocycles. The molecule has 2 aliphatic rings. The Kier molecular flexibility index (Phi) is 7.55. The molecule has 0 radical (unpaired) electrons. The van der Waals surface area contributed by atoms with E-state index in [1.54, 1.807) is 12.1 Å². The molecule has 30 heavy (non-hydrogen) atoms. The van der Waals surface area contributed by atoms with Gasteiger partial charge in [0.2, 0.25) is 5.91 Å². The van der Waals surface area contributed by atoms with Crippen molar-refractivity contribution in [2.24, 2.45) is 5.92 Å². The molecular weight excluding hydrogens is 396 g/mol. The van der Waals surface area contributed by atoms with Gasteiger partial charge < -0.3 is 19.5 Å². The minimum absolute atomic E-state index is 0. The first kappa shape index (κ1) is 22.8. The summed E-state index contributed by atoms with van der Waals surface area (Å²) in [6.45, 7) is 0.865. The van der Waals surface area contributed by atoms with Crippen molar-refractivity contribution >= 4 is 17.6 Å². The van der Waals surface area contributed by atoms with E-state index in [1.165, 1.54) is 6.07 Å². The largest absolute Gasteiger partial charge is 1.00 e. The number of hydrogen-bond donors (Lipinski definition) is 0. The maximum Gasteiger partial charge on any atom is 1.00 e. The molecule has 4 rings (SSSR count). The Morgan fingerprint density at radius 2 is 2.00 bits per heavy atom. The van der Waals surface area contributed by atoms with Crippen molar-refractivity contribution in [1.82, 2.24) is 0 Å². The summed E-state index contributed by atoms with van der Waals surface area (Å²) in [4.78, 5) is 25.1. The number of ether oxygens (including phenoxy) is 1. The molecule has 0 unspecified atom stereocenters. The fourth-order valence-electron chi connectivity index (χ4n) is 3.78. The smallest absolute Gasteiger partial charge is 0.550 e. The van der Waals surface area contributed by atoms with Crippen LogP contribution < -0.4 is 44.3 Å². The maximum atomic E-state index is 14.2. The van der Waals surface area contributed by atoms with Crippen LogP contribution in [0.2, 0.25) is 0 Å². The average Bonchev–Trinajstić information content (AvgIpc) is 3.55. The molecule has 0 bridgehead atoms. The monoisotopic (exact) mass is 419 g/mol. The first-order valence-electron chi connectivity index (χ1n) is 10.1. The zero-order chi connectivity index (χ0) is 20.4. The molecule has 7 heteroatoms. The molecule has 1 fully saturated rings. The van der Waals surface area contributed by atoms with Crippen LogP contribution in [0.5, 0.6) is 5.75 Å². The summed E-state index contributed by atoms with van der Waals surface area (Å²) in [7, 11) is 0. The number of fused-ring (bicyclic) bond motifs is 1. The Morgan fingerprint density at radius 3 is 2.70 bits per heavy atom. The van der Waals surface area contributed by atoms with Crippen LogP contribution in [0, 0.1) is 11.7 Å². The van der Waals surface area contributed by atoms with E-state index in [-0.39, 0.29) is 60.8 Å². The molecule has 1 amide bonds. The molecule has 0 saturated heterocycles. The van der Waals surface area contributed by atoms with Crippen LogP contribution in [-0.4, -0.2) is 18.4 Å². The number of amides is 1. The molecule has 0 N–H and O–H groups in total. The summed E-state index contributed by atoms with van der Waals surface area (Å²) in [5.41, 5.74) is 2.94. The second kappa shape index (κ2) is 9.94. The van der Waals surface area contributed by atoms with Crippen molar-refractivity contribution in [1.29, 1.82) is 0 Å². The second-order valence-electron chi connectivity index (χ2n) is 7.72. The minimum atomic E-state index is -1.20. The fourth-order valence-corrected chi connectivity index (χ4v) is 3.78. The fraction of sp³-hybridized carbons (Fsp3) is 0.391. The van der Waals surface area contributed by atoms with Crippen LogP contribution in [0.25, 0.3) is 0 Å². The molecule has 1 aliphatic carbocycles. The normalized spacial score (nSPS) is 15.2. The Labute approximate surface area is 197 Å². The molecular formula is C23H23FNNaO4. The Morgan fingerprint density at radius 1 is 1.20 bits per heavy atom. The van der Waals surface area contributed by atoms with Gasteiger partial charge in [-0.2, -0.15) is 0 Å². The van der Waals surface area contributed by atoms with Gasteiger partial charge in [-0.3, -0.25) is 4.79 Å². The molecule has 152 valence electrons. The van der Waals surface area contributed by atoms with Crippen molar-refractivity contribution in [3.05, 3.63) is 58.9 Å². The zero-order valence-electron chi connectivity index (χ0n) is 17.2. The third kappa shape index (κ3) is 5.23. The number of rotatable bonds is 7. The van der Waals surface area contributed by atoms with Gasteiger partial charge in [0.1, 0.15) is 18.2 Å². The van der Waals surface area contributed by atoms with Crippen molar-refractivity contribution < 1.29 is 53.4 Å². The zero-order valence-corrected chi connectivity index (χ0v) is 19.2. The van der Waals surface area contributed by atoms with Gasteiger partial charge in [0.25, 0.3) is 0 Å². The predicted molar refractivity (Wildman–Crippen MR) is 104 cm³/mol.